The number of benzene rings is 1. The Bertz CT molecular complexity index is 717. The number of hydrogen-bond acceptors (Lipinski definition) is 3. The van der Waals surface area contributed by atoms with E-state index in [0.29, 0.717) is 18.4 Å². The van der Waals surface area contributed by atoms with E-state index in [2.05, 4.69) is 35.3 Å². The zero-order valence-electron chi connectivity index (χ0n) is 17.7. The van der Waals surface area contributed by atoms with Crippen LogP contribution in [0.25, 0.3) is 0 Å². The molecule has 2 amide bonds. The molecule has 1 aliphatic heterocycles. The van der Waals surface area contributed by atoms with Crippen LogP contribution in [0.4, 0.5) is 0 Å². The average Bonchev–Trinajstić information content (AvgIpc) is 3.20. The van der Waals surface area contributed by atoms with E-state index in [4.69, 9.17) is 0 Å². The predicted molar refractivity (Wildman–Crippen MR) is 114 cm³/mol. The van der Waals surface area contributed by atoms with Gasteiger partial charge in [-0.1, -0.05) is 49.1 Å². The standard InChI is InChI=1S/C24H35N3O2/c1-18-6-4-7-19(16-18)17-25-23(28)22(20-8-2-3-9-20)26-12-14-27(15-13-26)24(29)21-10-5-11-21/h4,6-7,16,20-22H,2-3,5,8-15,17H2,1H3,(H,25,28)/t22-/m1/s1. The second-order valence-electron chi connectivity index (χ2n) is 9.19. The van der Waals surface area contributed by atoms with E-state index in [1.165, 1.54) is 24.8 Å². The van der Waals surface area contributed by atoms with Crippen molar-refractivity contribution in [2.24, 2.45) is 11.8 Å². The molecule has 4 rings (SSSR count). The van der Waals surface area contributed by atoms with E-state index >= 15 is 0 Å². The van der Waals surface area contributed by atoms with Crippen LogP contribution in [0.15, 0.2) is 24.3 Å². The van der Waals surface area contributed by atoms with E-state index in [0.717, 1.165) is 57.4 Å². The maximum absolute atomic E-state index is 13.2. The van der Waals surface area contributed by atoms with Crippen LogP contribution in [0, 0.1) is 18.8 Å². The fraction of sp³-hybridized carbons (Fsp3) is 0.667. The SMILES string of the molecule is Cc1cccc(CNC(=O)[C@@H](C2CCCC2)N2CCN(C(=O)C3CCC3)CC2)c1. The molecule has 0 spiro atoms. The summed E-state index contributed by atoms with van der Waals surface area (Å²) in [5.41, 5.74) is 2.37. The van der Waals surface area contributed by atoms with Gasteiger partial charge < -0.3 is 10.2 Å². The van der Waals surface area contributed by atoms with Crippen molar-refractivity contribution in [3.05, 3.63) is 35.4 Å². The molecule has 29 heavy (non-hydrogen) atoms. The molecule has 0 unspecified atom stereocenters. The van der Waals surface area contributed by atoms with Gasteiger partial charge in [0, 0.05) is 38.6 Å². The fourth-order valence-electron chi connectivity index (χ4n) is 5.20. The number of piperazine rings is 1. The lowest BCUT2D eigenvalue weighted by molar-refractivity contribution is -0.141. The van der Waals surface area contributed by atoms with Crippen molar-refractivity contribution >= 4 is 11.8 Å². The van der Waals surface area contributed by atoms with Gasteiger partial charge in [-0.15, -0.1) is 0 Å². The van der Waals surface area contributed by atoms with Crippen molar-refractivity contribution in [2.75, 3.05) is 26.2 Å². The summed E-state index contributed by atoms with van der Waals surface area (Å²) >= 11 is 0. The summed E-state index contributed by atoms with van der Waals surface area (Å²) in [5.74, 6) is 1.22. The highest BCUT2D eigenvalue weighted by atomic mass is 16.2. The molecule has 1 saturated heterocycles. The number of carbonyl (C=O) groups excluding carboxylic acids is 2. The van der Waals surface area contributed by atoms with Crippen molar-refractivity contribution in [3.8, 4) is 0 Å². The maximum Gasteiger partial charge on any atom is 0.237 e. The van der Waals surface area contributed by atoms with Crippen LogP contribution in [0.3, 0.4) is 0 Å². The molecule has 1 aromatic rings. The molecule has 1 heterocycles. The normalized spacial score (nSPS) is 22.3. The number of rotatable bonds is 6. The maximum atomic E-state index is 13.2. The molecule has 5 heteroatoms. The van der Waals surface area contributed by atoms with Crippen molar-refractivity contribution in [3.63, 3.8) is 0 Å². The Kier molecular flexibility index (Phi) is 6.53. The Labute approximate surface area is 174 Å². The highest BCUT2D eigenvalue weighted by Gasteiger charge is 2.38. The van der Waals surface area contributed by atoms with Gasteiger partial charge in [-0.2, -0.15) is 0 Å². The first-order valence-corrected chi connectivity index (χ1v) is 11.5. The van der Waals surface area contributed by atoms with Crippen molar-refractivity contribution < 1.29 is 9.59 Å². The van der Waals surface area contributed by atoms with Crippen LogP contribution < -0.4 is 5.32 Å². The van der Waals surface area contributed by atoms with Gasteiger partial charge in [-0.25, -0.2) is 0 Å². The van der Waals surface area contributed by atoms with E-state index in [9.17, 15) is 9.59 Å². The highest BCUT2D eigenvalue weighted by Crippen LogP contribution is 2.32. The zero-order valence-corrected chi connectivity index (χ0v) is 17.7. The van der Waals surface area contributed by atoms with Crippen molar-refractivity contribution in [1.29, 1.82) is 0 Å². The van der Waals surface area contributed by atoms with Crippen LogP contribution in [-0.4, -0.2) is 53.8 Å². The third kappa shape index (κ3) is 4.82. The third-order valence-corrected chi connectivity index (χ3v) is 7.14. The molecule has 0 radical (unpaired) electrons. The summed E-state index contributed by atoms with van der Waals surface area (Å²) in [6.45, 7) is 5.84. The molecule has 2 aliphatic carbocycles. The topological polar surface area (TPSA) is 52.7 Å². The van der Waals surface area contributed by atoms with Gasteiger partial charge in [0.2, 0.25) is 11.8 Å². The van der Waals surface area contributed by atoms with Crippen LogP contribution in [-0.2, 0) is 16.1 Å². The lowest BCUT2D eigenvalue weighted by Gasteiger charge is -2.42. The summed E-state index contributed by atoms with van der Waals surface area (Å²) in [5, 5.41) is 3.21. The largest absolute Gasteiger partial charge is 0.351 e. The molecule has 158 valence electrons. The molecular formula is C24H35N3O2. The highest BCUT2D eigenvalue weighted by molar-refractivity contribution is 5.82. The summed E-state index contributed by atoms with van der Waals surface area (Å²) in [6.07, 6.45) is 8.06. The number of carbonyl (C=O) groups is 2. The Balaban J connectivity index is 1.36. The smallest absolute Gasteiger partial charge is 0.237 e. The van der Waals surface area contributed by atoms with Gasteiger partial charge in [-0.3, -0.25) is 14.5 Å². The lowest BCUT2D eigenvalue weighted by Crippen LogP contribution is -2.58. The second kappa shape index (κ2) is 9.29. The predicted octanol–water partition coefficient (Wildman–Crippen LogP) is 3.11. The second-order valence-corrected chi connectivity index (χ2v) is 9.19. The third-order valence-electron chi connectivity index (χ3n) is 7.14. The summed E-state index contributed by atoms with van der Waals surface area (Å²) < 4.78 is 0. The number of amides is 2. The average molecular weight is 398 g/mol. The minimum absolute atomic E-state index is 0.0525. The van der Waals surface area contributed by atoms with Crippen LogP contribution in [0.1, 0.15) is 56.1 Å². The molecule has 5 nitrogen and oxygen atoms in total. The van der Waals surface area contributed by atoms with Gasteiger partial charge in [-0.05, 0) is 44.1 Å². The molecule has 0 bridgehead atoms. The van der Waals surface area contributed by atoms with Crippen molar-refractivity contribution in [2.45, 2.75) is 64.5 Å². The first kappa shape index (κ1) is 20.4. The van der Waals surface area contributed by atoms with Gasteiger partial charge in [0.25, 0.3) is 0 Å². The Morgan fingerprint density at radius 3 is 2.38 bits per heavy atom. The van der Waals surface area contributed by atoms with Gasteiger partial charge in [0.1, 0.15) is 0 Å². The first-order chi connectivity index (χ1) is 14.1. The van der Waals surface area contributed by atoms with Gasteiger partial charge >= 0.3 is 0 Å². The lowest BCUT2D eigenvalue weighted by atomic mass is 9.84. The fourth-order valence-corrected chi connectivity index (χ4v) is 5.20. The summed E-state index contributed by atoms with van der Waals surface area (Å²) in [6, 6.07) is 8.28. The van der Waals surface area contributed by atoms with Crippen molar-refractivity contribution in [1.82, 2.24) is 15.1 Å². The summed E-state index contributed by atoms with van der Waals surface area (Å²) in [4.78, 5) is 30.2. The van der Waals surface area contributed by atoms with Gasteiger partial charge in [0.05, 0.1) is 6.04 Å². The Morgan fingerprint density at radius 2 is 1.76 bits per heavy atom. The molecule has 0 aromatic heterocycles. The monoisotopic (exact) mass is 397 g/mol. The molecule has 3 fully saturated rings. The van der Waals surface area contributed by atoms with Gasteiger partial charge in [0.15, 0.2) is 0 Å². The molecule has 1 N–H and O–H groups in total. The summed E-state index contributed by atoms with van der Waals surface area (Å²) in [7, 11) is 0. The Hall–Kier alpha value is -1.88. The number of aryl methyl sites for hydroxylation is 1. The van der Waals surface area contributed by atoms with E-state index in [1.807, 2.05) is 11.0 Å². The molecule has 3 aliphatic rings. The van der Waals surface area contributed by atoms with E-state index in [-0.39, 0.29) is 17.9 Å². The zero-order chi connectivity index (χ0) is 20.2. The first-order valence-electron chi connectivity index (χ1n) is 11.5. The van der Waals surface area contributed by atoms with Crippen LogP contribution in [0.2, 0.25) is 0 Å². The molecular weight excluding hydrogens is 362 g/mol. The van der Waals surface area contributed by atoms with Crippen LogP contribution in [0.5, 0.6) is 0 Å². The molecule has 1 aromatic carbocycles. The van der Waals surface area contributed by atoms with E-state index in [1.54, 1.807) is 0 Å². The minimum atomic E-state index is -0.0525. The quantitative estimate of drug-likeness (QED) is 0.802. The molecule has 2 saturated carbocycles. The van der Waals surface area contributed by atoms with E-state index < -0.39 is 0 Å². The molecule has 1 atom stereocenters. The number of nitrogens with one attached hydrogen (secondary N) is 1. The minimum Gasteiger partial charge on any atom is -0.351 e. The Morgan fingerprint density at radius 1 is 1.03 bits per heavy atom. The number of hydrogen-bond donors (Lipinski definition) is 1. The number of nitrogens with zero attached hydrogens (tertiary/aromatic N) is 2. The van der Waals surface area contributed by atoms with Crippen LogP contribution >= 0.6 is 0 Å².